The maximum Gasteiger partial charge on any atom is 0.416 e. The van der Waals surface area contributed by atoms with Gasteiger partial charge < -0.3 is 20.1 Å². The molecule has 0 aliphatic heterocycles. The van der Waals surface area contributed by atoms with Crippen LogP contribution >= 0.6 is 0 Å². The van der Waals surface area contributed by atoms with Crippen LogP contribution < -0.4 is 20.1 Å². The van der Waals surface area contributed by atoms with Gasteiger partial charge in [0.15, 0.2) is 5.78 Å². The Kier molecular flexibility index (Phi) is 26.9. The zero-order valence-electron chi connectivity index (χ0n) is 68.3. The first-order valence-corrected chi connectivity index (χ1v) is 37.5. The van der Waals surface area contributed by atoms with Crippen LogP contribution in [0.1, 0.15) is 152 Å². The van der Waals surface area contributed by atoms with E-state index in [0.29, 0.717) is 76.2 Å². The molecule has 2 N–H and O–H groups in total. The van der Waals surface area contributed by atoms with Crippen molar-refractivity contribution in [3.05, 3.63) is 277 Å². The fourth-order valence-electron chi connectivity index (χ4n) is 12.2. The van der Waals surface area contributed by atoms with Crippen LogP contribution in [-0.2, 0) is 69.1 Å². The standard InChI is InChI=1S/C22H25F3N6O.2C22H23F2N7O.C17H13F3N4O/c1-12(2)20(15(5)32)27-19-11-18(26-17-8-6-7-16(10-17)22(23,24)25)28-21(29-19)31-14(4)9-13(3)30-31;1-14-8-15(2)31(28-14)21-26-18(10-16-6-5-7-17(9-16)22(3,23)24)11-20(27-21)32-13-19-12-25-29-30(19)4;1-14-8-15(2)31(28-14)21-26-18(10-16-6-5-7-17(9-16)22(3,23)24)11-20(27-21)32-13-19-12-25-30(4)29-19;1-10-6-7-24(23-10)16-21-11(2)8-14(22-16)15(25)12-4-3-5-13(9-12)17(18,19)20/h6-12,20H,1-5H3,(H2,26,27,28,29);2*5-9,11-12H,10,13H2,1-4H3;3-9H,1-2H3/t20-;;;/m1.../s1. The SMILES string of the molecule is CC(=O)[C@H](Nc1cc(Nc2cccc(C(F)(F)F)c2)nc(-n2nc(C)cc2C)n1)C(C)C.Cc1cc(C(=O)c2cccc(C(F)(F)F)c2)nc(-n2ccc(C)n2)n1.Cc1cc(C)n(-c2nc(Cc3cccc(C(C)(F)F)c3)cc(OCc3cnn(C)n3)n2)n1.Cc1cc(C)n(-c2nc(Cc3cccc(C(C)(F)F)c3)cc(OCc3cnnn3C)n2)n1. The van der Waals surface area contributed by atoms with Crippen LogP contribution in [0.4, 0.5) is 61.2 Å². The monoisotopic (exact) mass is 1670 g/mol. The van der Waals surface area contributed by atoms with Crippen molar-refractivity contribution < 1.29 is 63.0 Å². The van der Waals surface area contributed by atoms with Crippen molar-refractivity contribution in [3.63, 3.8) is 0 Å². The molecule has 38 heteroatoms. The van der Waals surface area contributed by atoms with Gasteiger partial charge in [-0.25, -0.2) is 60.9 Å². The molecule has 10 aromatic heterocycles. The zero-order valence-corrected chi connectivity index (χ0v) is 68.3. The number of nitrogens with zero attached hydrogens (tertiary/aromatic N) is 22. The number of anilines is 3. The number of carbonyl (C=O) groups is 2. The van der Waals surface area contributed by atoms with E-state index in [1.807, 2.05) is 73.6 Å². The topological polar surface area (TPSA) is 312 Å². The van der Waals surface area contributed by atoms with Gasteiger partial charge in [-0.05, 0) is 152 Å². The smallest absolute Gasteiger partial charge is 0.416 e. The Balaban J connectivity index is 0.000000158. The minimum atomic E-state index is -4.52. The second kappa shape index (κ2) is 37.0. The number of halogens is 10. The van der Waals surface area contributed by atoms with Gasteiger partial charge in [0.2, 0.25) is 17.5 Å². The number of Topliss-reactive ketones (excluding diaryl/α,β-unsaturated/α-hetero) is 1. The summed E-state index contributed by atoms with van der Waals surface area (Å²) < 4.78 is 152. The molecule has 630 valence electrons. The number of rotatable bonds is 24. The normalized spacial score (nSPS) is 11.9. The van der Waals surface area contributed by atoms with Gasteiger partial charge in [-0.15, -0.1) is 5.10 Å². The van der Waals surface area contributed by atoms with Crippen molar-refractivity contribution in [2.75, 3.05) is 10.6 Å². The summed E-state index contributed by atoms with van der Waals surface area (Å²) in [6, 6.07) is 35.1. The predicted octanol–water partition coefficient (Wildman–Crippen LogP) is 16.0. The summed E-state index contributed by atoms with van der Waals surface area (Å²) in [5.74, 6) is -4.10. The minimum Gasteiger partial charge on any atom is -0.471 e. The van der Waals surface area contributed by atoms with Crippen LogP contribution in [0.3, 0.4) is 0 Å². The fraction of sp³-hybridized carbons (Fsp3) is 0.301. The summed E-state index contributed by atoms with van der Waals surface area (Å²) in [6.07, 6.45) is -3.45. The van der Waals surface area contributed by atoms with E-state index < -0.39 is 47.1 Å². The number of ketones is 2. The van der Waals surface area contributed by atoms with Gasteiger partial charge in [0.05, 0.1) is 69.4 Å². The highest BCUT2D eigenvalue weighted by Crippen LogP contribution is 2.35. The molecule has 1 atom stereocenters. The molecular formula is C83H84F10N24O4. The van der Waals surface area contributed by atoms with Crippen molar-refractivity contribution in [1.29, 1.82) is 0 Å². The number of hydrogen-bond acceptors (Lipinski definition) is 22. The molecule has 0 radical (unpaired) electrons. The highest BCUT2D eigenvalue weighted by Gasteiger charge is 2.33. The number of benzene rings is 4. The summed E-state index contributed by atoms with van der Waals surface area (Å²) in [4.78, 5) is 61.6. The van der Waals surface area contributed by atoms with Crippen LogP contribution in [0.25, 0.3) is 23.8 Å². The third-order valence-electron chi connectivity index (χ3n) is 18.0. The van der Waals surface area contributed by atoms with Gasteiger partial charge >= 0.3 is 12.4 Å². The molecule has 121 heavy (non-hydrogen) atoms. The Bertz CT molecular complexity index is 5990. The minimum absolute atomic E-state index is 0.000486. The number of aromatic nitrogens is 22. The average Bonchev–Trinajstić information content (AvgIpc) is 1.64. The lowest BCUT2D eigenvalue weighted by atomic mass is 10.0. The third-order valence-corrected chi connectivity index (χ3v) is 18.0. The van der Waals surface area contributed by atoms with Crippen LogP contribution in [0.15, 0.2) is 164 Å². The molecule has 14 aromatic rings. The summed E-state index contributed by atoms with van der Waals surface area (Å²) in [5, 5.41) is 39.4. The summed E-state index contributed by atoms with van der Waals surface area (Å²) in [6.45, 7) is 22.2. The van der Waals surface area contributed by atoms with E-state index in [2.05, 4.69) is 91.4 Å². The van der Waals surface area contributed by atoms with E-state index in [1.165, 1.54) is 75.7 Å². The number of ether oxygens (including phenoxy) is 2. The number of hydrogen-bond donors (Lipinski definition) is 2. The molecule has 0 bridgehead atoms. The number of alkyl halides is 10. The molecular weight excluding hydrogens is 1590 g/mol. The molecule has 0 aliphatic carbocycles. The first kappa shape index (κ1) is 88.0. The molecule has 4 aromatic carbocycles. The quantitative estimate of drug-likeness (QED) is 0.0419. The first-order chi connectivity index (χ1) is 57.0. The van der Waals surface area contributed by atoms with Gasteiger partial charge in [-0.1, -0.05) is 73.7 Å². The summed E-state index contributed by atoms with van der Waals surface area (Å²) in [5.41, 5.74) is 8.70. The van der Waals surface area contributed by atoms with Gasteiger partial charge in [0, 0.05) is 110 Å². The van der Waals surface area contributed by atoms with Crippen molar-refractivity contribution in [1.82, 2.24) is 109 Å². The molecule has 0 amide bonds. The molecule has 0 aliphatic rings. The van der Waals surface area contributed by atoms with E-state index in [0.717, 1.165) is 83.7 Å². The highest BCUT2D eigenvalue weighted by atomic mass is 19.4. The van der Waals surface area contributed by atoms with E-state index in [4.69, 9.17) is 9.47 Å². The lowest BCUT2D eigenvalue weighted by molar-refractivity contribution is -0.138. The van der Waals surface area contributed by atoms with Crippen molar-refractivity contribution in [3.8, 4) is 35.6 Å². The van der Waals surface area contributed by atoms with Gasteiger partial charge in [0.1, 0.15) is 36.2 Å². The molecule has 28 nitrogen and oxygen atoms in total. The maximum absolute atomic E-state index is 13.8. The molecule has 0 fully saturated rings. The summed E-state index contributed by atoms with van der Waals surface area (Å²) in [7, 11) is 3.50. The second-order valence-electron chi connectivity index (χ2n) is 28.9. The van der Waals surface area contributed by atoms with Crippen LogP contribution in [-0.4, -0.2) is 127 Å². The molecule has 0 saturated heterocycles. The third kappa shape index (κ3) is 23.8. The molecule has 0 spiro atoms. The van der Waals surface area contributed by atoms with Crippen molar-refractivity contribution in [2.24, 2.45) is 20.0 Å². The Morgan fingerprint density at radius 2 is 0.975 bits per heavy atom. The lowest BCUT2D eigenvalue weighted by Gasteiger charge is -2.21. The van der Waals surface area contributed by atoms with Crippen molar-refractivity contribution >= 4 is 28.9 Å². The molecule has 0 saturated carbocycles. The van der Waals surface area contributed by atoms with Gasteiger partial charge in [-0.3, -0.25) is 9.59 Å². The molecule has 0 unspecified atom stereocenters. The number of nitrogens with one attached hydrogen (secondary N) is 2. The number of aryl methyl sites for hydroxylation is 10. The second-order valence-corrected chi connectivity index (χ2v) is 28.9. The maximum atomic E-state index is 13.8. The lowest BCUT2D eigenvalue weighted by Crippen LogP contribution is -2.33. The summed E-state index contributed by atoms with van der Waals surface area (Å²) >= 11 is 0. The van der Waals surface area contributed by atoms with Crippen LogP contribution in [0.2, 0.25) is 0 Å². The molecule has 14 rings (SSSR count). The van der Waals surface area contributed by atoms with E-state index in [-0.39, 0.29) is 70.7 Å². The van der Waals surface area contributed by atoms with Crippen molar-refractivity contribution in [2.45, 2.75) is 146 Å². The van der Waals surface area contributed by atoms with Crippen LogP contribution in [0.5, 0.6) is 11.8 Å². The Hall–Kier alpha value is -13.8. The fourth-order valence-corrected chi connectivity index (χ4v) is 12.2. The predicted molar refractivity (Wildman–Crippen MR) is 425 cm³/mol. The Morgan fingerprint density at radius 1 is 0.471 bits per heavy atom. The van der Waals surface area contributed by atoms with Gasteiger partial charge in [0.25, 0.3) is 35.6 Å². The van der Waals surface area contributed by atoms with E-state index in [1.54, 1.807) is 109 Å². The average molecular weight is 1670 g/mol. The molecule has 10 heterocycles. The largest absolute Gasteiger partial charge is 0.471 e. The first-order valence-electron chi connectivity index (χ1n) is 37.5. The Morgan fingerprint density at radius 3 is 1.44 bits per heavy atom. The van der Waals surface area contributed by atoms with E-state index >= 15 is 0 Å². The number of carbonyl (C=O) groups excluding carboxylic acids is 2. The highest BCUT2D eigenvalue weighted by molar-refractivity contribution is 6.08. The van der Waals surface area contributed by atoms with Gasteiger partial charge in [-0.2, -0.15) is 81.7 Å². The Labute approximate surface area is 687 Å². The van der Waals surface area contributed by atoms with Crippen LogP contribution in [0, 0.1) is 61.3 Å². The van der Waals surface area contributed by atoms with E-state index in [9.17, 15) is 53.5 Å². The zero-order chi connectivity index (χ0) is 87.6.